The first kappa shape index (κ1) is 29.4. The lowest BCUT2D eigenvalue weighted by Gasteiger charge is -2.38. The fourth-order valence-corrected chi connectivity index (χ4v) is 5.05. The van der Waals surface area contributed by atoms with Crippen molar-refractivity contribution < 1.29 is 29.6 Å². The number of aliphatic hydroxyl groups is 2. The van der Waals surface area contributed by atoms with Gasteiger partial charge in [0.1, 0.15) is 5.75 Å². The van der Waals surface area contributed by atoms with Crippen molar-refractivity contribution in [3.05, 3.63) is 125 Å². The molecule has 1 amide bonds. The van der Waals surface area contributed by atoms with E-state index in [2.05, 4.69) is 10.3 Å². The second-order valence-electron chi connectivity index (χ2n) is 10.5. The minimum absolute atomic E-state index is 0.0377. The van der Waals surface area contributed by atoms with Crippen molar-refractivity contribution in [1.82, 2.24) is 9.88 Å². The molecular formula is C33H35N3O6. The van der Waals surface area contributed by atoms with Gasteiger partial charge in [0, 0.05) is 43.2 Å². The van der Waals surface area contributed by atoms with Crippen molar-refractivity contribution in [2.75, 3.05) is 25.5 Å². The van der Waals surface area contributed by atoms with Crippen LogP contribution < -0.4 is 5.32 Å². The van der Waals surface area contributed by atoms with Crippen LogP contribution in [0.1, 0.15) is 57.5 Å². The van der Waals surface area contributed by atoms with Crippen LogP contribution in [0.2, 0.25) is 0 Å². The highest BCUT2D eigenvalue weighted by Crippen LogP contribution is 2.38. The first-order chi connectivity index (χ1) is 20.4. The Morgan fingerprint density at radius 1 is 1.02 bits per heavy atom. The van der Waals surface area contributed by atoms with Crippen molar-refractivity contribution in [2.24, 2.45) is 0 Å². The number of ether oxygens (including phenoxy) is 2. The second-order valence-corrected chi connectivity index (χ2v) is 10.5. The first-order valence-electron chi connectivity index (χ1n) is 13.9. The standard InChI is InChI=1S/C33H35N3O6/c1-36(20-30(39)24-5-3-9-28(38)16-24)19-29-17-31(23-12-10-22(21-37)11-13-23)42-33(41-29)25-6-2-8-27(15-25)35-32(40)26-7-4-14-34-18-26/h2-16,18,29-31,33,37-39H,17,19-21H2,1H3,(H,35,40)/t29-,30+,31+,33+/m0/s1. The Hall–Kier alpha value is -4.12. The summed E-state index contributed by atoms with van der Waals surface area (Å²) in [6, 6.07) is 25.1. The molecule has 9 nitrogen and oxygen atoms in total. The number of phenols is 1. The number of amides is 1. The van der Waals surface area contributed by atoms with E-state index in [0.29, 0.717) is 36.3 Å². The van der Waals surface area contributed by atoms with E-state index < -0.39 is 12.4 Å². The van der Waals surface area contributed by atoms with E-state index in [4.69, 9.17) is 9.47 Å². The number of rotatable bonds is 10. The number of pyridine rings is 1. The average Bonchev–Trinajstić information content (AvgIpc) is 3.01. The zero-order chi connectivity index (χ0) is 29.5. The Kier molecular flexibility index (Phi) is 9.58. The third-order valence-electron chi connectivity index (χ3n) is 7.21. The summed E-state index contributed by atoms with van der Waals surface area (Å²) in [5.41, 5.74) is 4.23. The molecule has 0 unspecified atom stereocenters. The predicted octanol–water partition coefficient (Wildman–Crippen LogP) is 4.74. The van der Waals surface area contributed by atoms with E-state index in [9.17, 15) is 20.1 Å². The molecule has 0 saturated carbocycles. The Morgan fingerprint density at radius 3 is 2.57 bits per heavy atom. The van der Waals surface area contributed by atoms with E-state index in [1.807, 2.05) is 54.4 Å². The highest BCUT2D eigenvalue weighted by Gasteiger charge is 2.33. The SMILES string of the molecule is CN(C[C@@H]1C[C@H](c2ccc(CO)cc2)O[C@H](c2cccc(NC(=O)c3cccnc3)c2)O1)C[C@@H](O)c1cccc(O)c1. The predicted molar refractivity (Wildman–Crippen MR) is 158 cm³/mol. The van der Waals surface area contributed by atoms with E-state index in [0.717, 1.165) is 16.7 Å². The maximum atomic E-state index is 12.7. The van der Waals surface area contributed by atoms with Crippen LogP contribution >= 0.6 is 0 Å². The molecule has 4 N–H and O–H groups in total. The van der Waals surface area contributed by atoms with Crippen LogP contribution in [0.3, 0.4) is 0 Å². The lowest BCUT2D eigenvalue weighted by atomic mass is 9.99. The molecule has 42 heavy (non-hydrogen) atoms. The molecule has 0 bridgehead atoms. The largest absolute Gasteiger partial charge is 0.508 e. The molecule has 1 saturated heterocycles. The summed E-state index contributed by atoms with van der Waals surface area (Å²) >= 11 is 0. The van der Waals surface area contributed by atoms with Crippen LogP contribution in [0.5, 0.6) is 5.75 Å². The summed E-state index contributed by atoms with van der Waals surface area (Å²) in [7, 11) is 1.92. The molecule has 0 radical (unpaired) electrons. The van der Waals surface area contributed by atoms with Gasteiger partial charge in [-0.2, -0.15) is 0 Å². The fourth-order valence-electron chi connectivity index (χ4n) is 5.05. The molecule has 5 rings (SSSR count). The van der Waals surface area contributed by atoms with Gasteiger partial charge in [-0.3, -0.25) is 9.78 Å². The molecular weight excluding hydrogens is 534 g/mol. The zero-order valence-electron chi connectivity index (χ0n) is 23.3. The van der Waals surface area contributed by atoms with Crippen LogP contribution in [0.25, 0.3) is 0 Å². The van der Waals surface area contributed by atoms with Gasteiger partial charge in [0.25, 0.3) is 5.91 Å². The minimum atomic E-state index is -0.778. The van der Waals surface area contributed by atoms with Gasteiger partial charge in [-0.25, -0.2) is 0 Å². The number of nitrogens with zero attached hydrogens (tertiary/aromatic N) is 2. The van der Waals surface area contributed by atoms with E-state index in [-0.39, 0.29) is 30.5 Å². The van der Waals surface area contributed by atoms with Crippen molar-refractivity contribution in [3.63, 3.8) is 0 Å². The number of hydrogen-bond acceptors (Lipinski definition) is 8. The third-order valence-corrected chi connectivity index (χ3v) is 7.21. The number of anilines is 1. The van der Waals surface area contributed by atoms with Gasteiger partial charge in [0.15, 0.2) is 6.29 Å². The number of carbonyl (C=O) groups is 1. The number of aromatic nitrogens is 1. The molecule has 3 aromatic carbocycles. The zero-order valence-corrected chi connectivity index (χ0v) is 23.3. The van der Waals surface area contributed by atoms with Gasteiger partial charge >= 0.3 is 0 Å². The van der Waals surface area contributed by atoms with Crippen LogP contribution in [0.4, 0.5) is 5.69 Å². The number of aliphatic hydroxyl groups excluding tert-OH is 2. The smallest absolute Gasteiger partial charge is 0.257 e. The number of likely N-dealkylation sites (N-methyl/N-ethyl adjacent to an activating group) is 1. The molecule has 1 aliphatic rings. The summed E-state index contributed by atoms with van der Waals surface area (Å²) in [6.07, 6.45) is 1.71. The van der Waals surface area contributed by atoms with Gasteiger partial charge in [0.05, 0.1) is 30.5 Å². The van der Waals surface area contributed by atoms with E-state index in [1.54, 1.807) is 48.7 Å². The maximum absolute atomic E-state index is 12.7. The molecule has 4 aromatic rings. The molecule has 9 heteroatoms. The van der Waals surface area contributed by atoms with Crippen LogP contribution in [0.15, 0.2) is 97.3 Å². The molecule has 1 fully saturated rings. The third kappa shape index (κ3) is 7.58. The quantitative estimate of drug-likeness (QED) is 0.216. The normalized spacial score (nSPS) is 19.4. The van der Waals surface area contributed by atoms with Gasteiger partial charge in [0.2, 0.25) is 0 Å². The van der Waals surface area contributed by atoms with Gasteiger partial charge < -0.3 is 35.0 Å². The highest BCUT2D eigenvalue weighted by atomic mass is 16.7. The molecule has 218 valence electrons. The number of phenolic OH excluding ortho intramolecular Hbond substituents is 1. The van der Waals surface area contributed by atoms with E-state index in [1.165, 1.54) is 6.20 Å². The average molecular weight is 570 g/mol. The number of aromatic hydroxyl groups is 1. The minimum Gasteiger partial charge on any atom is -0.508 e. The van der Waals surface area contributed by atoms with Crippen molar-refractivity contribution in [2.45, 2.75) is 37.6 Å². The Bertz CT molecular complexity index is 1470. The summed E-state index contributed by atoms with van der Waals surface area (Å²) in [6.45, 7) is 0.836. The molecule has 0 spiro atoms. The molecule has 1 aliphatic heterocycles. The summed E-state index contributed by atoms with van der Waals surface area (Å²) in [5.74, 6) is -0.156. The number of nitrogens with one attached hydrogen (secondary N) is 1. The highest BCUT2D eigenvalue weighted by molar-refractivity contribution is 6.04. The lowest BCUT2D eigenvalue weighted by molar-refractivity contribution is -0.252. The number of hydrogen-bond donors (Lipinski definition) is 4. The summed E-state index contributed by atoms with van der Waals surface area (Å²) in [5, 5.41) is 32.9. The monoisotopic (exact) mass is 569 g/mol. The Morgan fingerprint density at radius 2 is 1.83 bits per heavy atom. The molecule has 4 atom stereocenters. The van der Waals surface area contributed by atoms with Crippen molar-refractivity contribution in [1.29, 1.82) is 0 Å². The molecule has 1 aromatic heterocycles. The van der Waals surface area contributed by atoms with Crippen molar-refractivity contribution in [3.8, 4) is 5.75 Å². The Labute approximate surface area is 245 Å². The summed E-state index contributed by atoms with van der Waals surface area (Å²) < 4.78 is 12.9. The number of benzene rings is 3. The fraction of sp³-hybridized carbons (Fsp3) is 0.273. The maximum Gasteiger partial charge on any atom is 0.257 e. The van der Waals surface area contributed by atoms with Crippen LogP contribution in [0, 0.1) is 0 Å². The van der Waals surface area contributed by atoms with Gasteiger partial charge in [-0.1, -0.05) is 48.5 Å². The van der Waals surface area contributed by atoms with Crippen molar-refractivity contribution >= 4 is 11.6 Å². The summed E-state index contributed by atoms with van der Waals surface area (Å²) in [4.78, 5) is 18.7. The van der Waals surface area contributed by atoms with E-state index >= 15 is 0 Å². The molecule has 2 heterocycles. The Balaban J connectivity index is 1.32. The molecule has 0 aliphatic carbocycles. The topological polar surface area (TPSA) is 124 Å². The number of carbonyl (C=O) groups excluding carboxylic acids is 1. The second kappa shape index (κ2) is 13.7. The lowest BCUT2D eigenvalue weighted by Crippen LogP contribution is -2.39. The van der Waals surface area contributed by atoms with Crippen LogP contribution in [-0.2, 0) is 16.1 Å². The first-order valence-corrected chi connectivity index (χ1v) is 13.9. The van der Waals surface area contributed by atoms with Gasteiger partial charge in [-0.05, 0) is 60.1 Å². The van der Waals surface area contributed by atoms with Crippen LogP contribution in [-0.4, -0.2) is 57.4 Å². The van der Waals surface area contributed by atoms with Gasteiger partial charge in [-0.15, -0.1) is 0 Å².